The zero-order valence-corrected chi connectivity index (χ0v) is 19.2. The fourth-order valence-electron chi connectivity index (χ4n) is 3.27. The van der Waals surface area contributed by atoms with Gasteiger partial charge in [0.1, 0.15) is 6.10 Å². The van der Waals surface area contributed by atoms with E-state index in [0.717, 1.165) is 11.1 Å². The molecule has 0 bridgehead atoms. The molecule has 3 aromatic carbocycles. The molecule has 0 radical (unpaired) electrons. The Hall–Kier alpha value is -3.22. The molecule has 0 heterocycles. The first-order valence-corrected chi connectivity index (χ1v) is 11.8. The van der Waals surface area contributed by atoms with Crippen LogP contribution in [0.2, 0.25) is 0 Å². The van der Waals surface area contributed by atoms with Crippen LogP contribution in [0.5, 0.6) is 0 Å². The number of carbonyl (C=O) groups is 1. The molecule has 0 unspecified atom stereocenters. The summed E-state index contributed by atoms with van der Waals surface area (Å²) in [6.07, 6.45) is 2.24. The Kier molecular flexibility index (Phi) is 7.62. The number of rotatable bonds is 8. The highest BCUT2D eigenvalue weighted by atomic mass is 32.2. The lowest BCUT2D eigenvalue weighted by molar-refractivity contribution is -0.145. The van der Waals surface area contributed by atoms with Gasteiger partial charge in [0, 0.05) is 13.1 Å². The average molecular weight is 450 g/mol. The second kappa shape index (κ2) is 10.4. The second-order valence-electron chi connectivity index (χ2n) is 7.59. The first-order chi connectivity index (χ1) is 15.3. The first-order valence-electron chi connectivity index (χ1n) is 10.3. The van der Waals surface area contributed by atoms with E-state index in [0.29, 0.717) is 5.56 Å². The number of aryl methyl sites for hydroxylation is 1. The predicted octanol–water partition coefficient (Wildman–Crippen LogP) is 5.00. The van der Waals surface area contributed by atoms with Gasteiger partial charge in [-0.05, 0) is 43.2 Å². The number of likely N-dealkylation sites (N-methyl/N-ethyl adjacent to an activating group) is 1. The molecule has 166 valence electrons. The fourth-order valence-corrected chi connectivity index (χ4v) is 4.63. The van der Waals surface area contributed by atoms with Crippen LogP contribution in [0.4, 0.5) is 0 Å². The van der Waals surface area contributed by atoms with Gasteiger partial charge in [-0.25, -0.2) is 13.2 Å². The number of hydrogen-bond acceptors (Lipinski definition) is 4. The van der Waals surface area contributed by atoms with Crippen LogP contribution in [0.15, 0.2) is 95.9 Å². The smallest absolute Gasteiger partial charge is 0.331 e. The monoisotopic (exact) mass is 449 g/mol. The zero-order chi connectivity index (χ0) is 23.1. The van der Waals surface area contributed by atoms with Crippen LogP contribution < -0.4 is 0 Å². The Labute approximate surface area is 190 Å². The maximum atomic E-state index is 13.2. The molecule has 0 aliphatic carbocycles. The fraction of sp³-hybridized carbons (Fsp3) is 0.192. The van der Waals surface area contributed by atoms with E-state index in [4.69, 9.17) is 4.74 Å². The van der Waals surface area contributed by atoms with Crippen molar-refractivity contribution in [2.24, 2.45) is 0 Å². The molecular formula is C26H27NO4S. The quantitative estimate of drug-likeness (QED) is 0.359. The minimum absolute atomic E-state index is 0.194. The maximum Gasteiger partial charge on any atom is 0.331 e. The van der Waals surface area contributed by atoms with Crippen LogP contribution in [0.3, 0.4) is 0 Å². The van der Waals surface area contributed by atoms with E-state index in [9.17, 15) is 13.2 Å². The Morgan fingerprint density at radius 2 is 1.47 bits per heavy atom. The van der Waals surface area contributed by atoms with Crippen LogP contribution >= 0.6 is 0 Å². The van der Waals surface area contributed by atoms with Crippen molar-refractivity contribution in [1.82, 2.24) is 4.31 Å². The lowest BCUT2D eigenvalue weighted by Gasteiger charge is -2.31. The van der Waals surface area contributed by atoms with E-state index in [1.54, 1.807) is 37.3 Å². The minimum atomic E-state index is -3.78. The van der Waals surface area contributed by atoms with Gasteiger partial charge < -0.3 is 4.74 Å². The molecule has 0 aliphatic rings. The Morgan fingerprint density at radius 1 is 0.906 bits per heavy atom. The number of benzene rings is 3. The third-order valence-corrected chi connectivity index (χ3v) is 7.25. The molecule has 0 N–H and O–H groups in total. The van der Waals surface area contributed by atoms with Gasteiger partial charge >= 0.3 is 5.97 Å². The van der Waals surface area contributed by atoms with Gasteiger partial charge in [-0.1, -0.05) is 78.4 Å². The van der Waals surface area contributed by atoms with Crippen molar-refractivity contribution in [3.05, 3.63) is 108 Å². The van der Waals surface area contributed by atoms with Gasteiger partial charge in [0.2, 0.25) is 10.0 Å². The number of sulfonamides is 1. The topological polar surface area (TPSA) is 63.7 Å². The Morgan fingerprint density at radius 3 is 2.06 bits per heavy atom. The molecule has 0 saturated heterocycles. The van der Waals surface area contributed by atoms with Gasteiger partial charge in [0.25, 0.3) is 0 Å². The van der Waals surface area contributed by atoms with Crippen molar-refractivity contribution in [1.29, 1.82) is 0 Å². The zero-order valence-electron chi connectivity index (χ0n) is 18.4. The van der Waals surface area contributed by atoms with Crippen molar-refractivity contribution in [2.45, 2.75) is 30.9 Å². The molecule has 32 heavy (non-hydrogen) atoms. The standard InChI is InChI=1S/C26H27NO4S/c1-20-14-17-24(18-15-20)32(29,30)27(3)21(2)26(23-12-8-5-9-13-23)31-25(28)19-16-22-10-6-4-7-11-22/h4-19,21,26H,1-3H3/b19-16+/t21-,26-/m0/s1. The molecule has 0 aliphatic heterocycles. The predicted molar refractivity (Wildman–Crippen MR) is 126 cm³/mol. The highest BCUT2D eigenvalue weighted by molar-refractivity contribution is 7.89. The number of nitrogens with zero attached hydrogens (tertiary/aromatic N) is 1. The number of esters is 1. The Balaban J connectivity index is 1.85. The highest BCUT2D eigenvalue weighted by Gasteiger charge is 2.33. The second-order valence-corrected chi connectivity index (χ2v) is 9.58. The highest BCUT2D eigenvalue weighted by Crippen LogP contribution is 2.28. The molecule has 3 rings (SSSR count). The molecule has 0 amide bonds. The number of carbonyl (C=O) groups excluding carboxylic acids is 1. The van der Waals surface area contributed by atoms with Gasteiger partial charge in [-0.2, -0.15) is 4.31 Å². The summed E-state index contributed by atoms with van der Waals surface area (Å²) in [7, 11) is -2.27. The van der Waals surface area contributed by atoms with E-state index >= 15 is 0 Å². The third kappa shape index (κ3) is 5.72. The van der Waals surface area contributed by atoms with Crippen LogP contribution in [0, 0.1) is 6.92 Å². The van der Waals surface area contributed by atoms with Gasteiger partial charge in [-0.3, -0.25) is 0 Å². The molecule has 5 nitrogen and oxygen atoms in total. The van der Waals surface area contributed by atoms with Gasteiger partial charge in [0.05, 0.1) is 10.9 Å². The van der Waals surface area contributed by atoms with E-state index in [1.165, 1.54) is 17.4 Å². The Bertz CT molecular complexity index is 1160. The minimum Gasteiger partial charge on any atom is -0.453 e. The largest absolute Gasteiger partial charge is 0.453 e. The van der Waals surface area contributed by atoms with Crippen LogP contribution in [-0.2, 0) is 19.6 Å². The molecule has 0 spiro atoms. The van der Waals surface area contributed by atoms with Gasteiger partial charge in [-0.15, -0.1) is 0 Å². The lowest BCUT2D eigenvalue weighted by Crippen LogP contribution is -2.40. The molecule has 6 heteroatoms. The van der Waals surface area contributed by atoms with Crippen molar-refractivity contribution < 1.29 is 17.9 Å². The molecule has 0 aromatic heterocycles. The summed E-state index contributed by atoms with van der Waals surface area (Å²) in [6, 6.07) is 24.6. The number of ether oxygens (including phenoxy) is 1. The van der Waals surface area contributed by atoms with Crippen molar-refractivity contribution >= 4 is 22.1 Å². The van der Waals surface area contributed by atoms with E-state index in [1.807, 2.05) is 67.6 Å². The molecule has 0 fully saturated rings. The maximum absolute atomic E-state index is 13.2. The molecule has 0 saturated carbocycles. The molecular weight excluding hydrogens is 422 g/mol. The SMILES string of the molecule is Cc1ccc(S(=O)(=O)N(C)[C@@H](C)[C@H](OC(=O)/C=C/c2ccccc2)c2ccccc2)cc1. The summed E-state index contributed by atoms with van der Waals surface area (Å²) in [5.41, 5.74) is 2.56. The van der Waals surface area contributed by atoms with Crippen molar-refractivity contribution in [2.75, 3.05) is 7.05 Å². The van der Waals surface area contributed by atoms with E-state index in [-0.39, 0.29) is 4.90 Å². The summed E-state index contributed by atoms with van der Waals surface area (Å²) in [5, 5.41) is 0. The summed E-state index contributed by atoms with van der Waals surface area (Å²) in [5.74, 6) is -0.546. The molecule has 2 atom stereocenters. The summed E-state index contributed by atoms with van der Waals surface area (Å²) < 4.78 is 33.4. The summed E-state index contributed by atoms with van der Waals surface area (Å²) in [6.45, 7) is 3.63. The molecule has 3 aromatic rings. The average Bonchev–Trinajstić information content (AvgIpc) is 2.81. The van der Waals surface area contributed by atoms with Crippen molar-refractivity contribution in [3.63, 3.8) is 0 Å². The number of hydrogen-bond donors (Lipinski definition) is 0. The summed E-state index contributed by atoms with van der Waals surface area (Å²) >= 11 is 0. The van der Waals surface area contributed by atoms with E-state index in [2.05, 4.69) is 0 Å². The first kappa shape index (κ1) is 23.4. The van der Waals surface area contributed by atoms with Crippen molar-refractivity contribution in [3.8, 4) is 0 Å². The van der Waals surface area contributed by atoms with Gasteiger partial charge in [0.15, 0.2) is 0 Å². The van der Waals surface area contributed by atoms with Crippen LogP contribution in [0.1, 0.15) is 29.7 Å². The third-order valence-electron chi connectivity index (χ3n) is 5.29. The normalized spacial score (nSPS) is 13.8. The van der Waals surface area contributed by atoms with Crippen LogP contribution in [0.25, 0.3) is 6.08 Å². The lowest BCUT2D eigenvalue weighted by atomic mass is 10.0. The summed E-state index contributed by atoms with van der Waals surface area (Å²) in [4.78, 5) is 12.8. The van der Waals surface area contributed by atoms with Crippen LogP contribution in [-0.4, -0.2) is 31.8 Å². The van der Waals surface area contributed by atoms with E-state index < -0.39 is 28.1 Å².